The minimum absolute atomic E-state index is 0.135. The number of carbonyl (C=O) groups excluding carboxylic acids is 1. The number of hydrogen-bond donors (Lipinski definition) is 1. The van der Waals surface area contributed by atoms with Gasteiger partial charge in [-0.2, -0.15) is 5.26 Å². The van der Waals surface area contributed by atoms with Crippen molar-refractivity contribution in [3.8, 4) is 6.19 Å². The lowest BCUT2D eigenvalue weighted by molar-refractivity contribution is -0.122. The summed E-state index contributed by atoms with van der Waals surface area (Å²) in [6.45, 7) is 4.37. The molecule has 0 aliphatic carbocycles. The SMILES string of the molecule is CCC(C)C(=O)CCNC#N. The molecule has 0 aromatic rings. The van der Waals surface area contributed by atoms with Crippen LogP contribution in [-0.2, 0) is 4.79 Å². The van der Waals surface area contributed by atoms with Gasteiger partial charge in [-0.1, -0.05) is 13.8 Å². The molecule has 0 spiro atoms. The van der Waals surface area contributed by atoms with Crippen molar-refractivity contribution in [1.29, 1.82) is 5.26 Å². The van der Waals surface area contributed by atoms with Crippen LogP contribution in [0.2, 0.25) is 0 Å². The molecule has 0 aliphatic heterocycles. The van der Waals surface area contributed by atoms with E-state index >= 15 is 0 Å². The van der Waals surface area contributed by atoms with Crippen LogP contribution < -0.4 is 5.32 Å². The molecule has 0 saturated carbocycles. The molecule has 1 N–H and O–H groups in total. The minimum atomic E-state index is 0.135. The van der Waals surface area contributed by atoms with E-state index in [1.807, 2.05) is 13.8 Å². The Morgan fingerprint density at radius 2 is 2.36 bits per heavy atom. The van der Waals surface area contributed by atoms with Crippen LogP contribution in [0.15, 0.2) is 0 Å². The highest BCUT2D eigenvalue weighted by Gasteiger charge is 2.08. The van der Waals surface area contributed by atoms with Gasteiger partial charge in [0, 0.05) is 18.9 Å². The predicted octanol–water partition coefficient (Wildman–Crippen LogP) is 1.06. The first kappa shape index (κ1) is 9.96. The van der Waals surface area contributed by atoms with E-state index in [1.165, 1.54) is 0 Å². The number of ketones is 1. The number of nitrogens with one attached hydrogen (secondary N) is 1. The molecular weight excluding hydrogens is 140 g/mol. The van der Waals surface area contributed by atoms with E-state index in [2.05, 4.69) is 5.32 Å². The summed E-state index contributed by atoms with van der Waals surface area (Å²) < 4.78 is 0. The minimum Gasteiger partial charge on any atom is -0.323 e. The Balaban J connectivity index is 3.46. The van der Waals surface area contributed by atoms with Crippen molar-refractivity contribution in [3.05, 3.63) is 0 Å². The molecule has 0 bridgehead atoms. The number of carbonyl (C=O) groups is 1. The van der Waals surface area contributed by atoms with Crippen molar-refractivity contribution < 1.29 is 4.79 Å². The van der Waals surface area contributed by atoms with E-state index in [0.29, 0.717) is 13.0 Å². The molecule has 3 nitrogen and oxygen atoms in total. The maximum atomic E-state index is 11.1. The summed E-state index contributed by atoms with van der Waals surface area (Å²) in [7, 11) is 0. The molecule has 0 saturated heterocycles. The van der Waals surface area contributed by atoms with Crippen molar-refractivity contribution in [3.63, 3.8) is 0 Å². The first-order valence-corrected chi connectivity index (χ1v) is 3.87. The van der Waals surface area contributed by atoms with E-state index in [-0.39, 0.29) is 11.7 Å². The Labute approximate surface area is 67.4 Å². The fourth-order valence-electron chi connectivity index (χ4n) is 0.716. The third kappa shape index (κ3) is 4.38. The summed E-state index contributed by atoms with van der Waals surface area (Å²) in [6, 6.07) is 0. The fraction of sp³-hybridized carbons (Fsp3) is 0.750. The van der Waals surface area contributed by atoms with Crippen molar-refractivity contribution in [2.24, 2.45) is 5.92 Å². The highest BCUT2D eigenvalue weighted by Crippen LogP contribution is 2.03. The van der Waals surface area contributed by atoms with Gasteiger partial charge in [0.15, 0.2) is 6.19 Å². The van der Waals surface area contributed by atoms with E-state index < -0.39 is 0 Å². The van der Waals surface area contributed by atoms with Crippen LogP contribution >= 0.6 is 0 Å². The number of nitriles is 1. The van der Waals surface area contributed by atoms with Gasteiger partial charge in [0.2, 0.25) is 0 Å². The highest BCUT2D eigenvalue weighted by molar-refractivity contribution is 5.80. The molecule has 3 heteroatoms. The summed E-state index contributed by atoms with van der Waals surface area (Å²) in [5.41, 5.74) is 0. The van der Waals surface area contributed by atoms with Crippen molar-refractivity contribution in [2.45, 2.75) is 26.7 Å². The molecule has 0 fully saturated rings. The van der Waals surface area contributed by atoms with Crippen LogP contribution in [0.4, 0.5) is 0 Å². The zero-order chi connectivity index (χ0) is 8.69. The van der Waals surface area contributed by atoms with Gasteiger partial charge in [-0.05, 0) is 6.42 Å². The van der Waals surface area contributed by atoms with E-state index in [9.17, 15) is 4.79 Å². The Hall–Kier alpha value is -1.04. The number of nitrogens with zero attached hydrogens (tertiary/aromatic N) is 1. The molecule has 62 valence electrons. The van der Waals surface area contributed by atoms with Gasteiger partial charge >= 0.3 is 0 Å². The zero-order valence-electron chi connectivity index (χ0n) is 7.05. The summed E-state index contributed by atoms with van der Waals surface area (Å²) in [4.78, 5) is 11.1. The normalized spacial score (nSPS) is 11.7. The van der Waals surface area contributed by atoms with Gasteiger partial charge < -0.3 is 5.32 Å². The molecule has 0 amide bonds. The van der Waals surface area contributed by atoms with Crippen LogP contribution in [0.5, 0.6) is 0 Å². The Morgan fingerprint density at radius 1 is 1.73 bits per heavy atom. The van der Waals surface area contributed by atoms with E-state index in [0.717, 1.165) is 6.42 Å². The molecule has 0 aromatic heterocycles. The topological polar surface area (TPSA) is 52.9 Å². The summed E-state index contributed by atoms with van der Waals surface area (Å²) in [5.74, 6) is 0.366. The Morgan fingerprint density at radius 3 is 2.82 bits per heavy atom. The monoisotopic (exact) mass is 154 g/mol. The molecule has 0 radical (unpaired) electrons. The van der Waals surface area contributed by atoms with Gasteiger partial charge in [0.1, 0.15) is 5.78 Å². The van der Waals surface area contributed by atoms with Crippen LogP contribution in [0.1, 0.15) is 26.7 Å². The predicted molar refractivity (Wildman–Crippen MR) is 42.7 cm³/mol. The van der Waals surface area contributed by atoms with Gasteiger partial charge in [-0.25, -0.2) is 0 Å². The van der Waals surface area contributed by atoms with Crippen LogP contribution in [0, 0.1) is 17.4 Å². The second-order valence-electron chi connectivity index (χ2n) is 2.56. The largest absolute Gasteiger partial charge is 0.323 e. The second-order valence-corrected chi connectivity index (χ2v) is 2.56. The van der Waals surface area contributed by atoms with Gasteiger partial charge in [0.05, 0.1) is 0 Å². The van der Waals surface area contributed by atoms with E-state index in [4.69, 9.17) is 5.26 Å². The maximum absolute atomic E-state index is 11.1. The van der Waals surface area contributed by atoms with Gasteiger partial charge in [0.25, 0.3) is 0 Å². The molecular formula is C8H14N2O. The smallest absolute Gasteiger partial charge is 0.176 e. The first-order chi connectivity index (χ1) is 5.22. The lowest BCUT2D eigenvalue weighted by Crippen LogP contribution is -2.17. The second kappa shape index (κ2) is 5.72. The van der Waals surface area contributed by atoms with Crippen LogP contribution in [0.25, 0.3) is 0 Å². The van der Waals surface area contributed by atoms with Crippen LogP contribution in [-0.4, -0.2) is 12.3 Å². The van der Waals surface area contributed by atoms with Crippen LogP contribution in [0.3, 0.4) is 0 Å². The van der Waals surface area contributed by atoms with Crippen molar-refractivity contribution >= 4 is 5.78 Å². The van der Waals surface area contributed by atoms with E-state index in [1.54, 1.807) is 6.19 Å². The molecule has 0 rings (SSSR count). The Bertz CT molecular complexity index is 160. The first-order valence-electron chi connectivity index (χ1n) is 3.87. The zero-order valence-corrected chi connectivity index (χ0v) is 7.05. The molecule has 11 heavy (non-hydrogen) atoms. The van der Waals surface area contributed by atoms with Gasteiger partial charge in [-0.15, -0.1) is 0 Å². The van der Waals surface area contributed by atoms with Crippen molar-refractivity contribution in [1.82, 2.24) is 5.32 Å². The average Bonchev–Trinajstić information content (AvgIpc) is 2.03. The highest BCUT2D eigenvalue weighted by atomic mass is 16.1. The quantitative estimate of drug-likeness (QED) is 0.366. The molecule has 0 aliphatic rings. The summed E-state index contributed by atoms with van der Waals surface area (Å²) in [5, 5.41) is 10.5. The standard InChI is InChI=1S/C8H14N2O/c1-3-7(2)8(11)4-5-10-6-9/h7,10H,3-5H2,1-2H3. The third-order valence-electron chi connectivity index (χ3n) is 1.74. The maximum Gasteiger partial charge on any atom is 0.176 e. The molecule has 0 heterocycles. The average molecular weight is 154 g/mol. The number of Topliss-reactive ketones (excluding diaryl/α,β-unsaturated/α-hetero) is 1. The third-order valence-corrected chi connectivity index (χ3v) is 1.74. The van der Waals surface area contributed by atoms with Gasteiger partial charge in [-0.3, -0.25) is 4.79 Å². The molecule has 1 atom stereocenters. The summed E-state index contributed by atoms with van der Waals surface area (Å²) in [6.07, 6.45) is 3.12. The molecule has 0 aromatic carbocycles. The number of hydrogen-bond acceptors (Lipinski definition) is 3. The Kier molecular flexibility index (Phi) is 5.18. The molecule has 1 unspecified atom stereocenters. The fourth-order valence-corrected chi connectivity index (χ4v) is 0.716. The van der Waals surface area contributed by atoms with Crippen molar-refractivity contribution in [2.75, 3.05) is 6.54 Å². The lowest BCUT2D eigenvalue weighted by atomic mass is 10.0. The summed E-state index contributed by atoms with van der Waals surface area (Å²) >= 11 is 0. The number of rotatable bonds is 5. The lowest BCUT2D eigenvalue weighted by Gasteiger charge is -2.05.